The number of nitrogens with two attached hydrogens (primary N) is 1. The summed E-state index contributed by atoms with van der Waals surface area (Å²) < 4.78 is 32.9. The van der Waals surface area contributed by atoms with Crippen LogP contribution >= 0.6 is 22.9 Å². The summed E-state index contributed by atoms with van der Waals surface area (Å²) in [5.74, 6) is -0.290. The van der Waals surface area contributed by atoms with Gasteiger partial charge in [0.15, 0.2) is 6.61 Å². The van der Waals surface area contributed by atoms with E-state index in [0.29, 0.717) is 5.82 Å². The molecular weight excluding hydrogens is 390 g/mol. The van der Waals surface area contributed by atoms with Crippen molar-refractivity contribution in [1.82, 2.24) is 10.1 Å². The molecule has 0 fully saturated rings. The highest BCUT2D eigenvalue weighted by Crippen LogP contribution is 2.22. The van der Waals surface area contributed by atoms with Gasteiger partial charge in [-0.05, 0) is 29.6 Å². The summed E-state index contributed by atoms with van der Waals surface area (Å²) >= 11 is 7.25. The Labute approximate surface area is 151 Å². The number of thiophene rings is 1. The van der Waals surface area contributed by atoms with Crippen LogP contribution in [0.25, 0.3) is 11.4 Å². The van der Waals surface area contributed by atoms with Gasteiger partial charge >= 0.3 is 5.97 Å². The summed E-state index contributed by atoms with van der Waals surface area (Å²) in [6, 6.07) is 5.45. The molecule has 0 aliphatic carbocycles. The van der Waals surface area contributed by atoms with Gasteiger partial charge in [0.25, 0.3) is 5.89 Å². The first kappa shape index (κ1) is 17.5. The van der Waals surface area contributed by atoms with E-state index in [4.69, 9.17) is 26.0 Å². The number of ether oxygens (including phenoxy) is 1. The fraction of sp³-hybridized carbons (Fsp3) is 0.0714. The Hall–Kier alpha value is -2.27. The molecular formula is C14H10ClN3O5S2. The highest BCUT2D eigenvalue weighted by Gasteiger charge is 2.18. The molecule has 0 radical (unpaired) electrons. The normalized spacial score (nSPS) is 11.4. The Balaban J connectivity index is 1.71. The minimum Gasteiger partial charge on any atom is -0.452 e. The quantitative estimate of drug-likeness (QED) is 0.653. The maximum atomic E-state index is 12.1. The molecule has 0 atom stereocenters. The third kappa shape index (κ3) is 4.04. The molecule has 3 rings (SSSR count). The third-order valence-electron chi connectivity index (χ3n) is 3.05. The van der Waals surface area contributed by atoms with Crippen LogP contribution in [0.2, 0.25) is 5.02 Å². The zero-order chi connectivity index (χ0) is 18.0. The molecule has 0 aliphatic heterocycles. The number of carbonyl (C=O) groups is 1. The summed E-state index contributed by atoms with van der Waals surface area (Å²) in [5, 5.41) is 12.5. The van der Waals surface area contributed by atoms with Crippen molar-refractivity contribution in [2.75, 3.05) is 0 Å². The number of benzene rings is 1. The van der Waals surface area contributed by atoms with Gasteiger partial charge in [-0.3, -0.25) is 0 Å². The first-order valence-corrected chi connectivity index (χ1v) is 9.56. The fourth-order valence-corrected chi connectivity index (χ4v) is 3.59. The zero-order valence-electron chi connectivity index (χ0n) is 12.4. The van der Waals surface area contributed by atoms with Gasteiger partial charge in [-0.2, -0.15) is 16.3 Å². The van der Waals surface area contributed by atoms with Crippen LogP contribution in [0.1, 0.15) is 16.2 Å². The molecule has 0 spiro atoms. The van der Waals surface area contributed by atoms with Gasteiger partial charge in [0.2, 0.25) is 15.8 Å². The van der Waals surface area contributed by atoms with Crippen LogP contribution in [-0.4, -0.2) is 24.5 Å². The third-order valence-corrected chi connectivity index (χ3v) is 5.12. The maximum Gasteiger partial charge on any atom is 0.338 e. The summed E-state index contributed by atoms with van der Waals surface area (Å²) in [4.78, 5) is 15.8. The van der Waals surface area contributed by atoms with E-state index in [-0.39, 0.29) is 28.0 Å². The molecule has 0 aliphatic rings. The number of esters is 1. The Morgan fingerprint density at radius 1 is 1.36 bits per heavy atom. The molecule has 2 N–H and O–H groups in total. The molecule has 11 heteroatoms. The first-order valence-electron chi connectivity index (χ1n) is 6.69. The summed E-state index contributed by atoms with van der Waals surface area (Å²) in [7, 11) is -4.06. The number of halogens is 1. The molecule has 130 valence electrons. The lowest BCUT2D eigenvalue weighted by atomic mass is 10.2. The van der Waals surface area contributed by atoms with Crippen molar-refractivity contribution in [2.24, 2.45) is 5.14 Å². The highest BCUT2D eigenvalue weighted by atomic mass is 35.5. The van der Waals surface area contributed by atoms with E-state index < -0.39 is 16.0 Å². The van der Waals surface area contributed by atoms with E-state index in [1.807, 2.05) is 16.8 Å². The van der Waals surface area contributed by atoms with E-state index in [1.165, 1.54) is 23.5 Å². The molecule has 25 heavy (non-hydrogen) atoms. The van der Waals surface area contributed by atoms with Crippen LogP contribution in [0.5, 0.6) is 0 Å². The Morgan fingerprint density at radius 3 is 2.84 bits per heavy atom. The van der Waals surface area contributed by atoms with Crippen molar-refractivity contribution in [3.8, 4) is 11.4 Å². The number of hydrogen-bond acceptors (Lipinski definition) is 8. The first-order chi connectivity index (χ1) is 11.8. The van der Waals surface area contributed by atoms with Crippen molar-refractivity contribution >= 4 is 38.9 Å². The molecule has 0 saturated heterocycles. The molecule has 0 amide bonds. The molecule has 3 aromatic rings. The number of aromatic nitrogens is 2. The summed E-state index contributed by atoms with van der Waals surface area (Å²) in [6.07, 6.45) is 0. The second-order valence-electron chi connectivity index (χ2n) is 4.79. The van der Waals surface area contributed by atoms with E-state index in [0.717, 1.165) is 11.6 Å². The average molecular weight is 400 g/mol. The molecule has 8 nitrogen and oxygen atoms in total. The second-order valence-corrected chi connectivity index (χ2v) is 7.51. The molecule has 1 aromatic carbocycles. The van der Waals surface area contributed by atoms with Crippen molar-refractivity contribution in [3.05, 3.63) is 51.5 Å². The molecule has 2 aromatic heterocycles. The second kappa shape index (κ2) is 6.92. The number of primary sulfonamides is 1. The molecule has 0 bridgehead atoms. The predicted molar refractivity (Wildman–Crippen MR) is 89.6 cm³/mol. The number of nitrogens with zero attached hydrogens (tertiary/aromatic N) is 2. The van der Waals surface area contributed by atoms with Crippen LogP contribution in [0, 0.1) is 0 Å². The van der Waals surface area contributed by atoms with E-state index in [2.05, 4.69) is 10.1 Å². The Bertz CT molecular complexity index is 1020. The Morgan fingerprint density at radius 2 is 2.16 bits per heavy atom. The van der Waals surface area contributed by atoms with Gasteiger partial charge in [-0.25, -0.2) is 18.4 Å². The van der Waals surface area contributed by atoms with Crippen LogP contribution in [0.3, 0.4) is 0 Å². The van der Waals surface area contributed by atoms with Crippen LogP contribution in [0.4, 0.5) is 0 Å². The van der Waals surface area contributed by atoms with E-state index >= 15 is 0 Å². The molecule has 0 unspecified atom stereocenters. The molecule has 2 heterocycles. The van der Waals surface area contributed by atoms with Gasteiger partial charge in [0, 0.05) is 10.9 Å². The maximum absolute atomic E-state index is 12.1. The predicted octanol–water partition coefficient (Wildman–Crippen LogP) is 2.46. The van der Waals surface area contributed by atoms with E-state index in [9.17, 15) is 13.2 Å². The largest absolute Gasteiger partial charge is 0.452 e. The Kier molecular flexibility index (Phi) is 4.86. The summed E-state index contributed by atoms with van der Waals surface area (Å²) in [6.45, 7) is -0.261. The van der Waals surface area contributed by atoms with Gasteiger partial charge in [-0.15, -0.1) is 0 Å². The smallest absolute Gasteiger partial charge is 0.338 e. The van der Waals surface area contributed by atoms with Crippen LogP contribution in [0.15, 0.2) is 44.4 Å². The highest BCUT2D eigenvalue weighted by molar-refractivity contribution is 7.89. The lowest BCUT2D eigenvalue weighted by Gasteiger charge is -2.05. The lowest BCUT2D eigenvalue weighted by molar-refractivity contribution is 0.0429. The fourth-order valence-electron chi connectivity index (χ4n) is 1.88. The van der Waals surface area contributed by atoms with Gasteiger partial charge in [-0.1, -0.05) is 16.8 Å². The summed E-state index contributed by atoms with van der Waals surface area (Å²) in [5.41, 5.74) is 0.771. The van der Waals surface area contributed by atoms with Crippen molar-refractivity contribution in [2.45, 2.75) is 11.5 Å². The monoisotopic (exact) mass is 399 g/mol. The standard InChI is InChI=1S/C14H10ClN3O5S2/c15-10-2-1-8(5-11(10)25(16,20)21)14(19)22-6-12-17-13(18-23-12)9-3-4-24-7-9/h1-5,7H,6H2,(H2,16,20,21). The van der Waals surface area contributed by atoms with Gasteiger partial charge in [0.05, 0.1) is 10.6 Å². The van der Waals surface area contributed by atoms with E-state index in [1.54, 1.807) is 0 Å². The number of rotatable bonds is 5. The number of sulfonamides is 1. The SMILES string of the molecule is NS(=O)(=O)c1cc(C(=O)OCc2nc(-c3ccsc3)no2)ccc1Cl. The minimum atomic E-state index is -4.06. The lowest BCUT2D eigenvalue weighted by Crippen LogP contribution is -2.14. The minimum absolute atomic E-state index is 0.0222. The number of hydrogen-bond donors (Lipinski definition) is 1. The topological polar surface area (TPSA) is 125 Å². The van der Waals surface area contributed by atoms with Crippen molar-refractivity contribution in [1.29, 1.82) is 0 Å². The average Bonchev–Trinajstić information content (AvgIpc) is 3.23. The molecule has 0 saturated carbocycles. The van der Waals surface area contributed by atoms with Crippen molar-refractivity contribution < 1.29 is 22.5 Å². The zero-order valence-corrected chi connectivity index (χ0v) is 14.8. The van der Waals surface area contributed by atoms with Gasteiger partial charge < -0.3 is 9.26 Å². The van der Waals surface area contributed by atoms with Crippen molar-refractivity contribution in [3.63, 3.8) is 0 Å². The van der Waals surface area contributed by atoms with Gasteiger partial charge in [0.1, 0.15) is 4.90 Å². The van der Waals surface area contributed by atoms with Crippen LogP contribution < -0.4 is 5.14 Å². The number of carbonyl (C=O) groups excluding carboxylic acids is 1. The van der Waals surface area contributed by atoms with Crippen LogP contribution in [-0.2, 0) is 21.4 Å².